The van der Waals surface area contributed by atoms with Crippen LogP contribution in [0.25, 0.3) is 0 Å². The van der Waals surface area contributed by atoms with Crippen molar-refractivity contribution < 1.29 is 25.5 Å². The molecular weight excluding hydrogens is 175 g/mol. The van der Waals surface area contributed by atoms with Gasteiger partial charge < -0.3 is 25.5 Å². The minimum Gasteiger partial charge on any atom is -0.504 e. The van der Waals surface area contributed by atoms with E-state index in [0.29, 0.717) is 0 Å². The lowest BCUT2D eigenvalue weighted by molar-refractivity contribution is 0.331. The van der Waals surface area contributed by atoms with Crippen molar-refractivity contribution in [3.8, 4) is 28.7 Å². The SMILES string of the molecule is CBc1c(O)c(O)c(O)c(O)c1O. The van der Waals surface area contributed by atoms with Crippen LogP contribution in [0, 0.1) is 0 Å². The van der Waals surface area contributed by atoms with Crippen LogP contribution in [0.15, 0.2) is 0 Å². The smallest absolute Gasteiger partial charge is 0.208 e. The van der Waals surface area contributed by atoms with Gasteiger partial charge in [-0.1, -0.05) is 6.82 Å². The van der Waals surface area contributed by atoms with Crippen molar-refractivity contribution in [2.45, 2.75) is 6.82 Å². The Balaban J connectivity index is 3.56. The van der Waals surface area contributed by atoms with Crippen LogP contribution in [-0.2, 0) is 0 Å². The number of benzene rings is 1. The summed E-state index contributed by atoms with van der Waals surface area (Å²) in [4.78, 5) is 0. The maximum absolute atomic E-state index is 9.20. The second kappa shape index (κ2) is 2.97. The number of hydrogen-bond donors (Lipinski definition) is 5. The zero-order valence-electron chi connectivity index (χ0n) is 6.94. The molecule has 0 aromatic heterocycles. The summed E-state index contributed by atoms with van der Waals surface area (Å²) in [6, 6.07) is 0. The third kappa shape index (κ3) is 1.20. The Morgan fingerprint density at radius 2 is 1.00 bits per heavy atom. The van der Waals surface area contributed by atoms with E-state index in [1.807, 2.05) is 0 Å². The highest BCUT2D eigenvalue weighted by atomic mass is 16.4. The number of phenols is 5. The molecule has 0 amide bonds. The van der Waals surface area contributed by atoms with Crippen molar-refractivity contribution in [1.82, 2.24) is 0 Å². The lowest BCUT2D eigenvalue weighted by Crippen LogP contribution is -2.11. The third-order valence-corrected chi connectivity index (χ3v) is 1.82. The Labute approximate surface area is 74.8 Å². The fraction of sp³-hybridized carbons (Fsp3) is 0.143. The first kappa shape index (κ1) is 9.37. The zero-order valence-corrected chi connectivity index (χ0v) is 6.94. The van der Waals surface area contributed by atoms with Gasteiger partial charge in [0.25, 0.3) is 0 Å². The van der Waals surface area contributed by atoms with Gasteiger partial charge >= 0.3 is 0 Å². The summed E-state index contributed by atoms with van der Waals surface area (Å²) >= 11 is 0. The average Bonchev–Trinajstić information content (AvgIpc) is 2.13. The summed E-state index contributed by atoms with van der Waals surface area (Å²) < 4.78 is 0. The van der Waals surface area contributed by atoms with Gasteiger partial charge in [-0.3, -0.25) is 0 Å². The molecule has 6 heteroatoms. The molecule has 0 aliphatic heterocycles. The summed E-state index contributed by atoms with van der Waals surface area (Å²) in [7, 11) is 0.221. The minimum absolute atomic E-state index is 0.00667. The Morgan fingerprint density at radius 1 is 0.692 bits per heavy atom. The molecular formula is C7H9BO5. The average molecular weight is 184 g/mol. The number of hydrogen-bond acceptors (Lipinski definition) is 5. The second-order valence-corrected chi connectivity index (χ2v) is 2.58. The van der Waals surface area contributed by atoms with Crippen LogP contribution < -0.4 is 5.46 Å². The van der Waals surface area contributed by atoms with E-state index in [0.717, 1.165) is 0 Å². The molecule has 0 heterocycles. The topological polar surface area (TPSA) is 101 Å². The van der Waals surface area contributed by atoms with Crippen molar-refractivity contribution in [2.24, 2.45) is 0 Å². The fourth-order valence-corrected chi connectivity index (χ4v) is 1.07. The molecule has 0 aliphatic carbocycles. The van der Waals surface area contributed by atoms with E-state index >= 15 is 0 Å². The molecule has 1 aromatic rings. The molecule has 0 saturated heterocycles. The van der Waals surface area contributed by atoms with Crippen LogP contribution in [0.2, 0.25) is 6.82 Å². The molecule has 0 aliphatic rings. The van der Waals surface area contributed by atoms with Gasteiger partial charge in [0.1, 0.15) is 0 Å². The van der Waals surface area contributed by atoms with Crippen LogP contribution in [0.1, 0.15) is 0 Å². The molecule has 0 radical (unpaired) electrons. The summed E-state index contributed by atoms with van der Waals surface area (Å²) in [5.74, 6) is -3.81. The van der Waals surface area contributed by atoms with Gasteiger partial charge in [0, 0.05) is 5.46 Å². The quantitative estimate of drug-likeness (QED) is 0.226. The molecule has 1 aromatic carbocycles. The van der Waals surface area contributed by atoms with Crippen molar-refractivity contribution in [1.29, 1.82) is 0 Å². The Hall–Kier alpha value is -1.72. The first-order valence-electron chi connectivity index (χ1n) is 3.68. The standard InChI is InChI=1S/C7H9BO5/c1-8-2-3(9)5(11)7(13)6(12)4(2)10/h8-13H,1H3. The first-order valence-corrected chi connectivity index (χ1v) is 3.68. The molecule has 5 N–H and O–H groups in total. The number of aromatic hydroxyl groups is 5. The highest BCUT2D eigenvalue weighted by Gasteiger charge is 2.21. The molecule has 0 atom stereocenters. The maximum atomic E-state index is 9.20. The van der Waals surface area contributed by atoms with Crippen molar-refractivity contribution in [2.75, 3.05) is 0 Å². The lowest BCUT2D eigenvalue weighted by atomic mass is 9.72. The molecule has 70 valence electrons. The molecule has 0 saturated carbocycles. The van der Waals surface area contributed by atoms with Gasteiger partial charge in [0.05, 0.1) is 0 Å². The van der Waals surface area contributed by atoms with Gasteiger partial charge in [-0.05, 0) is 0 Å². The number of rotatable bonds is 1. The molecule has 5 nitrogen and oxygen atoms in total. The Bertz CT molecular complexity index is 320. The fourth-order valence-electron chi connectivity index (χ4n) is 1.07. The van der Waals surface area contributed by atoms with Crippen molar-refractivity contribution in [3.63, 3.8) is 0 Å². The van der Waals surface area contributed by atoms with Crippen LogP contribution >= 0.6 is 0 Å². The molecule has 1 rings (SSSR count). The van der Waals surface area contributed by atoms with Gasteiger partial charge in [-0.25, -0.2) is 0 Å². The maximum Gasteiger partial charge on any atom is 0.208 e. The summed E-state index contributed by atoms with van der Waals surface area (Å²) in [6.07, 6.45) is 0. The van der Waals surface area contributed by atoms with E-state index in [1.54, 1.807) is 6.82 Å². The third-order valence-electron chi connectivity index (χ3n) is 1.82. The van der Waals surface area contributed by atoms with E-state index in [-0.39, 0.29) is 12.7 Å². The van der Waals surface area contributed by atoms with Gasteiger partial charge in [0.2, 0.25) is 17.2 Å². The summed E-state index contributed by atoms with van der Waals surface area (Å²) in [5, 5.41) is 45.5. The van der Waals surface area contributed by atoms with Gasteiger partial charge in [-0.2, -0.15) is 0 Å². The van der Waals surface area contributed by atoms with Gasteiger partial charge in [-0.15, -0.1) is 0 Å². The van der Waals surface area contributed by atoms with Crippen LogP contribution in [-0.4, -0.2) is 32.8 Å². The van der Waals surface area contributed by atoms with E-state index < -0.39 is 28.7 Å². The monoisotopic (exact) mass is 184 g/mol. The normalized spacial score (nSPS) is 9.92. The highest BCUT2D eigenvalue weighted by molar-refractivity contribution is 6.54. The predicted octanol–water partition coefficient (Wildman–Crippen LogP) is -0.676. The van der Waals surface area contributed by atoms with Crippen molar-refractivity contribution >= 4 is 12.7 Å². The molecule has 13 heavy (non-hydrogen) atoms. The highest BCUT2D eigenvalue weighted by Crippen LogP contribution is 2.45. The Morgan fingerprint density at radius 3 is 1.31 bits per heavy atom. The number of phenolic OH excluding ortho intramolecular Hbond substituents is 5. The van der Waals surface area contributed by atoms with E-state index in [4.69, 9.17) is 15.3 Å². The minimum atomic E-state index is -0.924. The lowest BCUT2D eigenvalue weighted by Gasteiger charge is -2.10. The van der Waals surface area contributed by atoms with Crippen molar-refractivity contribution in [3.05, 3.63) is 0 Å². The second-order valence-electron chi connectivity index (χ2n) is 2.58. The van der Waals surface area contributed by atoms with E-state index in [1.165, 1.54) is 0 Å². The molecule has 0 fully saturated rings. The molecule has 0 bridgehead atoms. The predicted molar refractivity (Wildman–Crippen MR) is 47.4 cm³/mol. The van der Waals surface area contributed by atoms with Gasteiger partial charge in [0.15, 0.2) is 18.8 Å². The first-order chi connectivity index (χ1) is 6.00. The molecule has 0 spiro atoms. The zero-order chi connectivity index (χ0) is 10.2. The largest absolute Gasteiger partial charge is 0.504 e. The molecule has 0 unspecified atom stereocenters. The summed E-state index contributed by atoms with van der Waals surface area (Å²) in [6.45, 7) is 1.62. The summed E-state index contributed by atoms with van der Waals surface area (Å²) in [5.41, 5.74) is -0.00667. The van der Waals surface area contributed by atoms with Crippen LogP contribution in [0.4, 0.5) is 0 Å². The van der Waals surface area contributed by atoms with Crippen LogP contribution in [0.3, 0.4) is 0 Å². The van der Waals surface area contributed by atoms with E-state index in [9.17, 15) is 10.2 Å². The Kier molecular flexibility index (Phi) is 2.14. The van der Waals surface area contributed by atoms with E-state index in [2.05, 4.69) is 0 Å². The van der Waals surface area contributed by atoms with Crippen LogP contribution in [0.5, 0.6) is 28.7 Å².